The Labute approximate surface area is 188 Å². The Morgan fingerprint density at radius 3 is 2.59 bits per heavy atom. The van der Waals surface area contributed by atoms with Gasteiger partial charge in [0.25, 0.3) is 0 Å². The number of sulfonamides is 1. The minimum atomic E-state index is -3.15. The molecule has 2 aromatic rings. The number of piperidine rings is 1. The Hall–Kier alpha value is -2.67. The first-order valence-electron chi connectivity index (χ1n) is 10.7. The van der Waals surface area contributed by atoms with Gasteiger partial charge in [0.05, 0.1) is 30.5 Å². The number of nitriles is 1. The molecule has 1 aromatic carbocycles. The molecule has 0 spiro atoms. The van der Waals surface area contributed by atoms with Crippen molar-refractivity contribution in [3.8, 4) is 11.8 Å². The van der Waals surface area contributed by atoms with Crippen LogP contribution in [0.15, 0.2) is 39.7 Å². The van der Waals surface area contributed by atoms with Gasteiger partial charge in [-0.25, -0.2) is 12.7 Å². The third kappa shape index (κ3) is 4.88. The van der Waals surface area contributed by atoms with Crippen molar-refractivity contribution in [1.29, 1.82) is 5.26 Å². The van der Waals surface area contributed by atoms with Crippen LogP contribution in [0.3, 0.4) is 0 Å². The number of hydrogen-bond acceptors (Lipinski definition) is 7. The molecule has 1 fully saturated rings. The fourth-order valence-electron chi connectivity index (χ4n) is 4.30. The summed E-state index contributed by atoms with van der Waals surface area (Å²) in [6, 6.07) is 9.27. The predicted molar refractivity (Wildman–Crippen MR) is 118 cm³/mol. The van der Waals surface area contributed by atoms with Crippen LogP contribution in [0.4, 0.5) is 0 Å². The quantitative estimate of drug-likeness (QED) is 0.657. The molecule has 1 saturated heterocycles. The van der Waals surface area contributed by atoms with Gasteiger partial charge in [-0.15, -0.1) is 0 Å². The molecular weight excluding hydrogens is 430 g/mol. The van der Waals surface area contributed by atoms with Crippen LogP contribution < -0.4 is 10.2 Å². The Bertz CT molecular complexity index is 1190. The van der Waals surface area contributed by atoms with Crippen LogP contribution in [0.1, 0.15) is 48.3 Å². The number of nitrogens with zero attached hydrogens (tertiary/aromatic N) is 3. The van der Waals surface area contributed by atoms with Crippen molar-refractivity contribution in [2.45, 2.75) is 38.9 Å². The SMILES string of the molecule is CC(c1cc(=O)c(OCC2CCN(S(C)(=O)=O)CC2)co1)N1Cc2ccc(C#N)cc2C1. The minimum absolute atomic E-state index is 0.102. The van der Waals surface area contributed by atoms with Gasteiger partial charge < -0.3 is 9.15 Å². The molecule has 1 unspecified atom stereocenters. The first-order valence-corrected chi connectivity index (χ1v) is 12.6. The highest BCUT2D eigenvalue weighted by molar-refractivity contribution is 7.88. The lowest BCUT2D eigenvalue weighted by Gasteiger charge is -2.29. The molecule has 0 saturated carbocycles. The van der Waals surface area contributed by atoms with E-state index in [9.17, 15) is 13.2 Å². The van der Waals surface area contributed by atoms with E-state index in [1.165, 1.54) is 28.5 Å². The van der Waals surface area contributed by atoms with E-state index < -0.39 is 10.0 Å². The Morgan fingerprint density at radius 2 is 1.94 bits per heavy atom. The molecule has 0 bridgehead atoms. The summed E-state index contributed by atoms with van der Waals surface area (Å²) in [5.41, 5.74) is 2.73. The standard InChI is InChI=1S/C23H27N3O5S/c1-16(25-12-19-4-3-18(11-24)9-20(19)13-25)22-10-21(27)23(15-31-22)30-14-17-5-7-26(8-6-17)32(2,28)29/h3-4,9-10,15-17H,5-8,12-14H2,1-2H3. The zero-order chi connectivity index (χ0) is 22.9. The van der Waals surface area contributed by atoms with Crippen LogP contribution in [0.2, 0.25) is 0 Å². The Morgan fingerprint density at radius 1 is 1.22 bits per heavy atom. The lowest BCUT2D eigenvalue weighted by atomic mass is 9.99. The van der Waals surface area contributed by atoms with Crippen LogP contribution in [0, 0.1) is 17.2 Å². The number of hydrogen-bond donors (Lipinski definition) is 0. The number of ether oxygens (including phenoxy) is 1. The van der Waals surface area contributed by atoms with Gasteiger partial charge in [-0.2, -0.15) is 5.26 Å². The van der Waals surface area contributed by atoms with Crippen LogP contribution in [-0.2, 0) is 23.1 Å². The molecule has 1 atom stereocenters. The van der Waals surface area contributed by atoms with Crippen LogP contribution in [0.5, 0.6) is 5.75 Å². The summed E-state index contributed by atoms with van der Waals surface area (Å²) in [4.78, 5) is 14.8. The summed E-state index contributed by atoms with van der Waals surface area (Å²) in [5.74, 6) is 0.944. The van der Waals surface area contributed by atoms with Crippen molar-refractivity contribution in [2.24, 2.45) is 5.92 Å². The van der Waals surface area contributed by atoms with Gasteiger partial charge in [0.15, 0.2) is 0 Å². The molecule has 0 aliphatic carbocycles. The summed E-state index contributed by atoms with van der Waals surface area (Å²) in [6.45, 7) is 4.74. The zero-order valence-electron chi connectivity index (χ0n) is 18.3. The number of benzene rings is 1. The molecule has 2 aliphatic rings. The van der Waals surface area contributed by atoms with E-state index in [0.717, 1.165) is 12.1 Å². The number of rotatable bonds is 6. The molecule has 3 heterocycles. The fraction of sp³-hybridized carbons (Fsp3) is 0.478. The highest BCUT2D eigenvalue weighted by atomic mass is 32.2. The first-order chi connectivity index (χ1) is 15.2. The van der Waals surface area contributed by atoms with Gasteiger partial charge in [0.2, 0.25) is 21.2 Å². The van der Waals surface area contributed by atoms with E-state index in [4.69, 9.17) is 14.4 Å². The average molecular weight is 458 g/mol. The maximum atomic E-state index is 12.6. The van der Waals surface area contributed by atoms with Crippen LogP contribution >= 0.6 is 0 Å². The van der Waals surface area contributed by atoms with Gasteiger partial charge in [-0.05, 0) is 48.9 Å². The summed E-state index contributed by atoms with van der Waals surface area (Å²) in [6.07, 6.45) is 4.01. The van der Waals surface area contributed by atoms with Gasteiger partial charge in [0, 0.05) is 32.2 Å². The molecule has 4 rings (SSSR count). The Balaban J connectivity index is 1.35. The van der Waals surface area contributed by atoms with E-state index in [-0.39, 0.29) is 23.1 Å². The van der Waals surface area contributed by atoms with Gasteiger partial charge in [-0.1, -0.05) is 6.07 Å². The maximum Gasteiger partial charge on any atom is 0.227 e. The second-order valence-electron chi connectivity index (χ2n) is 8.60. The highest BCUT2D eigenvalue weighted by Crippen LogP contribution is 2.31. The molecule has 8 nitrogen and oxygen atoms in total. The molecular formula is C23H27N3O5S. The normalized spacial score (nSPS) is 18.8. The second-order valence-corrected chi connectivity index (χ2v) is 10.6. The highest BCUT2D eigenvalue weighted by Gasteiger charge is 2.27. The molecule has 2 aliphatic heterocycles. The van der Waals surface area contributed by atoms with Crippen molar-refractivity contribution in [2.75, 3.05) is 26.0 Å². The van der Waals surface area contributed by atoms with Crippen molar-refractivity contribution in [1.82, 2.24) is 9.21 Å². The third-order valence-corrected chi connectivity index (χ3v) is 7.68. The Kier molecular flexibility index (Phi) is 6.38. The van der Waals surface area contributed by atoms with E-state index in [1.54, 1.807) is 0 Å². The molecule has 1 aromatic heterocycles. The smallest absolute Gasteiger partial charge is 0.227 e. The van der Waals surface area contributed by atoms with Crippen LogP contribution in [-0.4, -0.2) is 43.6 Å². The second kappa shape index (κ2) is 9.06. The monoisotopic (exact) mass is 457 g/mol. The summed E-state index contributed by atoms with van der Waals surface area (Å²) >= 11 is 0. The summed E-state index contributed by atoms with van der Waals surface area (Å²) in [5, 5.41) is 9.10. The largest absolute Gasteiger partial charge is 0.486 e. The van der Waals surface area contributed by atoms with Crippen molar-refractivity contribution < 1.29 is 17.6 Å². The van der Waals surface area contributed by atoms with E-state index in [2.05, 4.69) is 11.0 Å². The summed E-state index contributed by atoms with van der Waals surface area (Å²) < 4.78 is 36.2. The lowest BCUT2D eigenvalue weighted by molar-refractivity contribution is 0.173. The van der Waals surface area contributed by atoms with E-state index >= 15 is 0 Å². The van der Waals surface area contributed by atoms with Crippen LogP contribution in [0.25, 0.3) is 0 Å². The van der Waals surface area contributed by atoms with Gasteiger partial charge in [0.1, 0.15) is 12.0 Å². The molecule has 0 amide bonds. The van der Waals surface area contributed by atoms with Crippen molar-refractivity contribution in [3.63, 3.8) is 0 Å². The van der Waals surface area contributed by atoms with Crippen molar-refractivity contribution >= 4 is 10.0 Å². The van der Waals surface area contributed by atoms with Crippen molar-refractivity contribution in [3.05, 3.63) is 63.2 Å². The summed E-state index contributed by atoms with van der Waals surface area (Å²) in [7, 11) is -3.15. The van der Waals surface area contributed by atoms with Gasteiger partial charge >= 0.3 is 0 Å². The zero-order valence-corrected chi connectivity index (χ0v) is 19.1. The molecule has 32 heavy (non-hydrogen) atoms. The lowest BCUT2D eigenvalue weighted by Crippen LogP contribution is -2.39. The molecule has 0 radical (unpaired) electrons. The fourth-order valence-corrected chi connectivity index (χ4v) is 5.17. The van der Waals surface area contributed by atoms with E-state index in [1.807, 2.05) is 25.1 Å². The predicted octanol–water partition coefficient (Wildman–Crippen LogP) is 2.64. The molecule has 0 N–H and O–H groups in total. The average Bonchev–Trinajstić information content (AvgIpc) is 3.20. The molecule has 9 heteroatoms. The number of fused-ring (bicyclic) bond motifs is 1. The topological polar surface area (TPSA) is 104 Å². The first kappa shape index (κ1) is 22.5. The maximum absolute atomic E-state index is 12.6. The third-order valence-electron chi connectivity index (χ3n) is 6.38. The minimum Gasteiger partial charge on any atom is -0.486 e. The van der Waals surface area contributed by atoms with Gasteiger partial charge in [-0.3, -0.25) is 9.69 Å². The molecule has 170 valence electrons. The van der Waals surface area contributed by atoms with E-state index in [0.29, 0.717) is 50.4 Å².